The topological polar surface area (TPSA) is 85.3 Å². The number of nitrogens with zero attached hydrogens (tertiary/aromatic N) is 3. The number of rotatable bonds is 3. The maximum atomic E-state index is 12.0. The highest BCUT2D eigenvalue weighted by Crippen LogP contribution is 2.23. The van der Waals surface area contributed by atoms with Gasteiger partial charge in [0, 0.05) is 12.2 Å². The van der Waals surface area contributed by atoms with Gasteiger partial charge in [0.1, 0.15) is 0 Å². The van der Waals surface area contributed by atoms with Crippen LogP contribution in [0.4, 0.5) is 0 Å². The SMILES string of the molecule is Cl.Cl.NC1CCCC1C(=O)NCc1nnc2ccccn12. The zero-order valence-electron chi connectivity index (χ0n) is 11.4. The van der Waals surface area contributed by atoms with Crippen LogP contribution < -0.4 is 11.1 Å². The zero-order chi connectivity index (χ0) is 13.2. The Morgan fingerprint density at radius 2 is 2.14 bits per heavy atom. The van der Waals surface area contributed by atoms with E-state index < -0.39 is 0 Å². The molecule has 8 heteroatoms. The van der Waals surface area contributed by atoms with Crippen LogP contribution in [-0.2, 0) is 11.3 Å². The highest BCUT2D eigenvalue weighted by Gasteiger charge is 2.30. The normalized spacial score (nSPS) is 20.6. The molecule has 0 radical (unpaired) electrons. The number of hydrogen-bond acceptors (Lipinski definition) is 4. The zero-order valence-corrected chi connectivity index (χ0v) is 13.1. The van der Waals surface area contributed by atoms with Crippen molar-refractivity contribution in [1.82, 2.24) is 19.9 Å². The highest BCUT2D eigenvalue weighted by atomic mass is 35.5. The van der Waals surface area contributed by atoms with Crippen LogP contribution >= 0.6 is 24.8 Å². The Balaban J connectivity index is 0.00000110. The number of amides is 1. The predicted octanol–water partition coefficient (Wildman–Crippen LogP) is 1.32. The first-order valence-corrected chi connectivity index (χ1v) is 6.57. The number of nitrogens with two attached hydrogens (primary N) is 1. The van der Waals surface area contributed by atoms with Crippen LogP contribution in [0, 0.1) is 5.92 Å². The van der Waals surface area contributed by atoms with E-state index in [1.54, 1.807) is 0 Å². The van der Waals surface area contributed by atoms with Crippen LogP contribution in [0.5, 0.6) is 0 Å². The summed E-state index contributed by atoms with van der Waals surface area (Å²) >= 11 is 0. The van der Waals surface area contributed by atoms with Gasteiger partial charge < -0.3 is 11.1 Å². The summed E-state index contributed by atoms with van der Waals surface area (Å²) in [5.74, 6) is 0.701. The number of halogens is 2. The molecule has 116 valence electrons. The lowest BCUT2D eigenvalue weighted by atomic mass is 10.0. The molecule has 2 heterocycles. The van der Waals surface area contributed by atoms with E-state index in [1.165, 1.54) is 0 Å². The Kier molecular flexibility index (Phi) is 6.39. The van der Waals surface area contributed by atoms with Crippen molar-refractivity contribution in [2.24, 2.45) is 11.7 Å². The molecule has 0 aliphatic heterocycles. The van der Waals surface area contributed by atoms with E-state index in [9.17, 15) is 4.79 Å². The van der Waals surface area contributed by atoms with Crippen LogP contribution in [0.25, 0.3) is 5.65 Å². The minimum Gasteiger partial charge on any atom is -0.348 e. The molecular weight excluding hydrogens is 313 g/mol. The third kappa shape index (κ3) is 3.64. The van der Waals surface area contributed by atoms with Crippen molar-refractivity contribution in [2.45, 2.75) is 31.8 Å². The molecule has 0 bridgehead atoms. The molecule has 0 saturated heterocycles. The Morgan fingerprint density at radius 1 is 1.33 bits per heavy atom. The number of pyridine rings is 1. The summed E-state index contributed by atoms with van der Waals surface area (Å²) in [4.78, 5) is 12.0. The Hall–Kier alpha value is -1.37. The maximum absolute atomic E-state index is 12.0. The van der Waals surface area contributed by atoms with Gasteiger partial charge in [-0.05, 0) is 25.0 Å². The van der Waals surface area contributed by atoms with Gasteiger partial charge in [0.15, 0.2) is 11.5 Å². The minimum absolute atomic E-state index is 0. The molecule has 6 nitrogen and oxygen atoms in total. The average Bonchev–Trinajstić information content (AvgIpc) is 3.02. The predicted molar refractivity (Wildman–Crippen MR) is 84.6 cm³/mol. The first-order chi connectivity index (χ1) is 9.25. The van der Waals surface area contributed by atoms with Crippen LogP contribution in [0.15, 0.2) is 24.4 Å². The molecule has 2 aromatic heterocycles. The van der Waals surface area contributed by atoms with E-state index in [2.05, 4.69) is 15.5 Å². The van der Waals surface area contributed by atoms with Gasteiger partial charge in [-0.2, -0.15) is 0 Å². The first-order valence-electron chi connectivity index (χ1n) is 6.57. The molecule has 3 rings (SSSR count). The summed E-state index contributed by atoms with van der Waals surface area (Å²) in [7, 11) is 0. The first kappa shape index (κ1) is 17.7. The molecule has 3 N–H and O–H groups in total. The van der Waals surface area contributed by atoms with Crippen molar-refractivity contribution in [3.63, 3.8) is 0 Å². The molecule has 0 aromatic carbocycles. The van der Waals surface area contributed by atoms with Gasteiger partial charge in [0.25, 0.3) is 0 Å². The van der Waals surface area contributed by atoms with Crippen LogP contribution in [0.1, 0.15) is 25.1 Å². The summed E-state index contributed by atoms with van der Waals surface area (Å²) in [6.07, 6.45) is 4.74. The largest absolute Gasteiger partial charge is 0.348 e. The number of carbonyl (C=O) groups is 1. The second-order valence-electron chi connectivity index (χ2n) is 4.96. The second kappa shape index (κ2) is 7.59. The standard InChI is InChI=1S/C13H17N5O.2ClH/c14-10-5-3-4-9(10)13(19)15-8-12-17-16-11-6-1-2-7-18(11)12;;/h1-2,6-7,9-10H,3-5,8,14H2,(H,15,19);2*1H. The summed E-state index contributed by atoms with van der Waals surface area (Å²) in [6.45, 7) is 0.382. The van der Waals surface area contributed by atoms with Gasteiger partial charge >= 0.3 is 0 Å². The van der Waals surface area contributed by atoms with Gasteiger partial charge in [0.2, 0.25) is 5.91 Å². The molecule has 2 unspecified atom stereocenters. The Morgan fingerprint density at radius 3 is 2.86 bits per heavy atom. The Labute approximate surface area is 135 Å². The third-order valence-electron chi connectivity index (χ3n) is 3.71. The van der Waals surface area contributed by atoms with Crippen molar-refractivity contribution in [2.75, 3.05) is 0 Å². The lowest BCUT2D eigenvalue weighted by molar-refractivity contribution is -0.125. The average molecular weight is 332 g/mol. The molecule has 21 heavy (non-hydrogen) atoms. The fraction of sp³-hybridized carbons (Fsp3) is 0.462. The molecule has 2 aromatic rings. The monoisotopic (exact) mass is 331 g/mol. The van der Waals surface area contributed by atoms with Gasteiger partial charge in [-0.25, -0.2) is 0 Å². The number of hydrogen-bond donors (Lipinski definition) is 2. The second-order valence-corrected chi connectivity index (χ2v) is 4.96. The lowest BCUT2D eigenvalue weighted by Crippen LogP contribution is -2.38. The van der Waals surface area contributed by atoms with Crippen molar-refractivity contribution in [1.29, 1.82) is 0 Å². The smallest absolute Gasteiger partial charge is 0.225 e. The number of aromatic nitrogens is 3. The van der Waals surface area contributed by atoms with E-state index in [1.807, 2.05) is 28.8 Å². The third-order valence-corrected chi connectivity index (χ3v) is 3.71. The van der Waals surface area contributed by atoms with Crippen LogP contribution in [0.3, 0.4) is 0 Å². The van der Waals surface area contributed by atoms with Crippen molar-refractivity contribution >= 4 is 36.4 Å². The van der Waals surface area contributed by atoms with Crippen molar-refractivity contribution in [3.8, 4) is 0 Å². The molecule has 1 amide bonds. The molecule has 1 fully saturated rings. The quantitative estimate of drug-likeness (QED) is 0.888. The maximum Gasteiger partial charge on any atom is 0.225 e. The molecular formula is C13H19Cl2N5O. The summed E-state index contributed by atoms with van der Waals surface area (Å²) in [5, 5.41) is 11.0. The fourth-order valence-corrected chi connectivity index (χ4v) is 2.62. The number of carbonyl (C=O) groups excluding carboxylic acids is 1. The van der Waals surface area contributed by atoms with Gasteiger partial charge in [0.05, 0.1) is 12.5 Å². The van der Waals surface area contributed by atoms with E-state index in [4.69, 9.17) is 5.73 Å². The van der Waals surface area contributed by atoms with E-state index in [-0.39, 0.29) is 42.7 Å². The summed E-state index contributed by atoms with van der Waals surface area (Å²) < 4.78 is 1.87. The van der Waals surface area contributed by atoms with E-state index in [0.717, 1.165) is 30.7 Å². The lowest BCUT2D eigenvalue weighted by Gasteiger charge is -2.14. The van der Waals surface area contributed by atoms with Crippen LogP contribution in [0.2, 0.25) is 0 Å². The molecule has 1 aliphatic rings. The van der Waals surface area contributed by atoms with Gasteiger partial charge in [-0.1, -0.05) is 12.5 Å². The molecule has 1 saturated carbocycles. The van der Waals surface area contributed by atoms with E-state index in [0.29, 0.717) is 6.54 Å². The van der Waals surface area contributed by atoms with E-state index >= 15 is 0 Å². The highest BCUT2D eigenvalue weighted by molar-refractivity contribution is 5.85. The minimum atomic E-state index is -0.0563. The number of nitrogens with one attached hydrogen (secondary N) is 1. The van der Waals surface area contributed by atoms with Crippen molar-refractivity contribution in [3.05, 3.63) is 30.2 Å². The van der Waals surface area contributed by atoms with Gasteiger partial charge in [-0.3, -0.25) is 9.20 Å². The van der Waals surface area contributed by atoms with Crippen molar-refractivity contribution < 1.29 is 4.79 Å². The number of fused-ring (bicyclic) bond motifs is 1. The molecule has 1 aliphatic carbocycles. The fourth-order valence-electron chi connectivity index (χ4n) is 2.62. The summed E-state index contributed by atoms with van der Waals surface area (Å²) in [5.41, 5.74) is 6.71. The Bertz CT molecular complexity index is 603. The van der Waals surface area contributed by atoms with Gasteiger partial charge in [-0.15, -0.1) is 35.0 Å². The molecule has 0 spiro atoms. The van der Waals surface area contributed by atoms with Crippen LogP contribution in [-0.4, -0.2) is 26.5 Å². The summed E-state index contributed by atoms with van der Waals surface area (Å²) in [6, 6.07) is 5.69. The molecule has 2 atom stereocenters.